The first-order valence-corrected chi connectivity index (χ1v) is 5.76. The van der Waals surface area contributed by atoms with Crippen molar-refractivity contribution in [3.05, 3.63) is 0 Å². The van der Waals surface area contributed by atoms with Crippen LogP contribution in [0.4, 0.5) is 0 Å². The SMILES string of the molecule is COCCCNN1C(C)CCCC1C. The van der Waals surface area contributed by atoms with Crippen LogP contribution in [0.25, 0.3) is 0 Å². The molecule has 0 spiro atoms. The Hall–Kier alpha value is -0.120. The van der Waals surface area contributed by atoms with Gasteiger partial charge >= 0.3 is 0 Å². The molecule has 1 aliphatic rings. The number of rotatable bonds is 5. The van der Waals surface area contributed by atoms with Gasteiger partial charge in [0.05, 0.1) is 0 Å². The van der Waals surface area contributed by atoms with Crippen molar-refractivity contribution in [2.75, 3.05) is 20.3 Å². The molecule has 0 aromatic heterocycles. The van der Waals surface area contributed by atoms with E-state index < -0.39 is 0 Å². The minimum absolute atomic E-state index is 0.682. The highest BCUT2D eigenvalue weighted by atomic mass is 16.5. The molecule has 1 N–H and O–H groups in total. The lowest BCUT2D eigenvalue weighted by molar-refractivity contribution is 0.0431. The molecule has 2 atom stereocenters. The van der Waals surface area contributed by atoms with Crippen molar-refractivity contribution in [3.8, 4) is 0 Å². The van der Waals surface area contributed by atoms with Gasteiger partial charge in [0.25, 0.3) is 0 Å². The molecule has 1 heterocycles. The molecule has 84 valence electrons. The summed E-state index contributed by atoms with van der Waals surface area (Å²) in [6, 6.07) is 1.36. The summed E-state index contributed by atoms with van der Waals surface area (Å²) in [7, 11) is 1.76. The van der Waals surface area contributed by atoms with Crippen LogP contribution in [0.15, 0.2) is 0 Å². The maximum atomic E-state index is 5.03. The lowest BCUT2D eigenvalue weighted by Crippen LogP contribution is -2.52. The predicted octanol–water partition coefficient (Wildman–Crippen LogP) is 1.79. The Kier molecular flexibility index (Phi) is 5.45. The smallest absolute Gasteiger partial charge is 0.0474 e. The zero-order valence-electron chi connectivity index (χ0n) is 9.75. The zero-order valence-corrected chi connectivity index (χ0v) is 9.75. The molecule has 0 saturated carbocycles. The average molecular weight is 200 g/mol. The Bertz CT molecular complexity index is 142. The maximum absolute atomic E-state index is 5.03. The third-order valence-electron chi connectivity index (χ3n) is 3.01. The van der Waals surface area contributed by atoms with E-state index in [9.17, 15) is 0 Å². The lowest BCUT2D eigenvalue weighted by atomic mass is 10.00. The highest BCUT2D eigenvalue weighted by molar-refractivity contribution is 4.76. The van der Waals surface area contributed by atoms with Crippen LogP contribution < -0.4 is 5.43 Å². The summed E-state index contributed by atoms with van der Waals surface area (Å²) >= 11 is 0. The molecule has 3 heteroatoms. The van der Waals surface area contributed by atoms with E-state index in [0.717, 1.165) is 19.6 Å². The van der Waals surface area contributed by atoms with Crippen LogP contribution in [0.5, 0.6) is 0 Å². The van der Waals surface area contributed by atoms with Gasteiger partial charge < -0.3 is 4.74 Å². The van der Waals surface area contributed by atoms with Crippen LogP contribution in [0, 0.1) is 0 Å². The predicted molar refractivity (Wildman–Crippen MR) is 59.1 cm³/mol. The number of hydrogen-bond donors (Lipinski definition) is 1. The third kappa shape index (κ3) is 3.56. The summed E-state index contributed by atoms with van der Waals surface area (Å²) in [5.74, 6) is 0. The van der Waals surface area contributed by atoms with Gasteiger partial charge in [0, 0.05) is 32.3 Å². The Labute approximate surface area is 87.8 Å². The van der Waals surface area contributed by atoms with Crippen molar-refractivity contribution in [2.24, 2.45) is 0 Å². The standard InChI is InChI=1S/C11H24N2O/c1-10-6-4-7-11(2)13(10)12-8-5-9-14-3/h10-12H,4-9H2,1-3H3. The summed E-state index contributed by atoms with van der Waals surface area (Å²) in [5, 5.41) is 2.42. The Morgan fingerprint density at radius 1 is 1.29 bits per heavy atom. The number of methoxy groups -OCH3 is 1. The molecule has 3 nitrogen and oxygen atoms in total. The fourth-order valence-electron chi connectivity index (χ4n) is 2.16. The van der Waals surface area contributed by atoms with Crippen molar-refractivity contribution in [1.82, 2.24) is 10.4 Å². The summed E-state index contributed by atoms with van der Waals surface area (Å²) in [6.45, 7) is 6.49. The number of hydrazine groups is 1. The van der Waals surface area contributed by atoms with E-state index in [1.54, 1.807) is 7.11 Å². The second kappa shape index (κ2) is 6.38. The Morgan fingerprint density at radius 2 is 1.93 bits per heavy atom. The van der Waals surface area contributed by atoms with Gasteiger partial charge in [-0.15, -0.1) is 0 Å². The second-order valence-electron chi connectivity index (χ2n) is 4.29. The molecule has 1 aliphatic heterocycles. The largest absolute Gasteiger partial charge is 0.385 e. The van der Waals surface area contributed by atoms with E-state index in [-0.39, 0.29) is 0 Å². The number of piperidine rings is 1. The van der Waals surface area contributed by atoms with Crippen LogP contribution in [0.1, 0.15) is 39.5 Å². The van der Waals surface area contributed by atoms with Crippen LogP contribution in [0.2, 0.25) is 0 Å². The first-order valence-electron chi connectivity index (χ1n) is 5.76. The molecular formula is C11H24N2O. The van der Waals surface area contributed by atoms with E-state index >= 15 is 0 Å². The highest BCUT2D eigenvalue weighted by Gasteiger charge is 2.23. The molecule has 1 saturated heterocycles. The number of ether oxygens (including phenoxy) is 1. The van der Waals surface area contributed by atoms with Crippen molar-refractivity contribution in [1.29, 1.82) is 0 Å². The van der Waals surface area contributed by atoms with E-state index in [4.69, 9.17) is 4.74 Å². The van der Waals surface area contributed by atoms with Gasteiger partial charge in [-0.05, 0) is 33.1 Å². The van der Waals surface area contributed by atoms with Gasteiger partial charge in [0.1, 0.15) is 0 Å². The molecule has 0 radical (unpaired) electrons. The minimum Gasteiger partial charge on any atom is -0.385 e. The molecule has 1 rings (SSSR count). The molecule has 0 aliphatic carbocycles. The number of nitrogens with one attached hydrogen (secondary N) is 1. The zero-order chi connectivity index (χ0) is 10.4. The van der Waals surface area contributed by atoms with Gasteiger partial charge in [0.15, 0.2) is 0 Å². The van der Waals surface area contributed by atoms with Crippen molar-refractivity contribution < 1.29 is 4.74 Å². The van der Waals surface area contributed by atoms with E-state index in [2.05, 4.69) is 24.3 Å². The second-order valence-corrected chi connectivity index (χ2v) is 4.29. The molecule has 1 fully saturated rings. The normalized spacial score (nSPS) is 29.4. The molecule has 14 heavy (non-hydrogen) atoms. The van der Waals surface area contributed by atoms with Crippen molar-refractivity contribution >= 4 is 0 Å². The molecule has 0 aromatic rings. The molecule has 0 amide bonds. The van der Waals surface area contributed by atoms with E-state index in [0.29, 0.717) is 12.1 Å². The quantitative estimate of drug-likeness (QED) is 0.685. The molecule has 2 unspecified atom stereocenters. The fraction of sp³-hybridized carbons (Fsp3) is 1.00. The fourth-order valence-corrected chi connectivity index (χ4v) is 2.16. The molecule has 0 aromatic carbocycles. The maximum Gasteiger partial charge on any atom is 0.0474 e. The number of hydrogen-bond acceptors (Lipinski definition) is 3. The lowest BCUT2D eigenvalue weighted by Gasteiger charge is -2.39. The molecule has 0 bridgehead atoms. The summed E-state index contributed by atoms with van der Waals surface area (Å²) < 4.78 is 5.03. The van der Waals surface area contributed by atoms with Crippen LogP contribution in [0.3, 0.4) is 0 Å². The summed E-state index contributed by atoms with van der Waals surface area (Å²) in [6.07, 6.45) is 5.11. The monoisotopic (exact) mass is 200 g/mol. The summed E-state index contributed by atoms with van der Waals surface area (Å²) in [4.78, 5) is 0. The Morgan fingerprint density at radius 3 is 2.50 bits per heavy atom. The van der Waals surface area contributed by atoms with E-state index in [1.165, 1.54) is 19.3 Å². The first kappa shape index (κ1) is 12.0. The minimum atomic E-state index is 0.682. The van der Waals surface area contributed by atoms with Gasteiger partial charge in [-0.25, -0.2) is 5.01 Å². The van der Waals surface area contributed by atoms with Gasteiger partial charge in [-0.3, -0.25) is 5.43 Å². The first-order chi connectivity index (χ1) is 6.75. The van der Waals surface area contributed by atoms with Crippen LogP contribution >= 0.6 is 0 Å². The Balaban J connectivity index is 2.19. The van der Waals surface area contributed by atoms with E-state index in [1.807, 2.05) is 0 Å². The van der Waals surface area contributed by atoms with Gasteiger partial charge in [-0.1, -0.05) is 6.42 Å². The molecular weight excluding hydrogens is 176 g/mol. The van der Waals surface area contributed by atoms with Gasteiger partial charge in [0.2, 0.25) is 0 Å². The highest BCUT2D eigenvalue weighted by Crippen LogP contribution is 2.19. The van der Waals surface area contributed by atoms with Crippen LogP contribution in [-0.4, -0.2) is 37.4 Å². The average Bonchev–Trinajstić information content (AvgIpc) is 2.16. The summed E-state index contributed by atoms with van der Waals surface area (Å²) in [5.41, 5.74) is 3.51. The van der Waals surface area contributed by atoms with Crippen molar-refractivity contribution in [3.63, 3.8) is 0 Å². The van der Waals surface area contributed by atoms with Gasteiger partial charge in [-0.2, -0.15) is 0 Å². The number of nitrogens with zero attached hydrogens (tertiary/aromatic N) is 1. The van der Waals surface area contributed by atoms with Crippen LogP contribution in [-0.2, 0) is 4.74 Å². The topological polar surface area (TPSA) is 24.5 Å². The third-order valence-corrected chi connectivity index (χ3v) is 3.01. The van der Waals surface area contributed by atoms with Crippen molar-refractivity contribution in [2.45, 2.75) is 51.6 Å².